The second kappa shape index (κ2) is 7.69. The molecule has 0 unspecified atom stereocenters. The standard InChI is InChI=1S/C23H25N3O3S/c1-15(2)30(27,28)25-17-9-7-16(8-10-17)23-21(14-24)20-12-11-19(29-3)13-22(20)26(23)18-5-4-6-18/h7-13,15,18,25H,4-6H2,1-3H3. The minimum Gasteiger partial charge on any atom is -0.497 e. The summed E-state index contributed by atoms with van der Waals surface area (Å²) in [6.45, 7) is 3.28. The van der Waals surface area contributed by atoms with Crippen molar-refractivity contribution in [2.45, 2.75) is 44.4 Å². The quantitative estimate of drug-likeness (QED) is 0.600. The molecule has 4 rings (SSSR count). The Labute approximate surface area is 177 Å². The lowest BCUT2D eigenvalue weighted by molar-refractivity contribution is 0.324. The average molecular weight is 424 g/mol. The summed E-state index contributed by atoms with van der Waals surface area (Å²) in [6, 6.07) is 15.8. The molecular weight excluding hydrogens is 398 g/mol. The third-order valence-electron chi connectivity index (χ3n) is 5.80. The van der Waals surface area contributed by atoms with Crippen molar-refractivity contribution in [3.63, 3.8) is 0 Å². The molecule has 0 radical (unpaired) electrons. The molecule has 30 heavy (non-hydrogen) atoms. The third-order valence-corrected chi connectivity index (χ3v) is 7.56. The summed E-state index contributed by atoms with van der Waals surface area (Å²) in [4.78, 5) is 0. The Morgan fingerprint density at radius 3 is 2.40 bits per heavy atom. The van der Waals surface area contributed by atoms with Crippen LogP contribution in [0.4, 0.5) is 5.69 Å². The molecule has 1 heterocycles. The van der Waals surface area contributed by atoms with Crippen LogP contribution in [0.3, 0.4) is 0 Å². The van der Waals surface area contributed by atoms with Gasteiger partial charge in [-0.3, -0.25) is 4.72 Å². The summed E-state index contributed by atoms with van der Waals surface area (Å²) in [5.41, 5.74) is 3.91. The highest BCUT2D eigenvalue weighted by Gasteiger charge is 2.28. The van der Waals surface area contributed by atoms with Crippen molar-refractivity contribution in [2.24, 2.45) is 0 Å². The Bertz CT molecular complexity index is 1230. The van der Waals surface area contributed by atoms with Crippen LogP contribution in [0.1, 0.15) is 44.7 Å². The van der Waals surface area contributed by atoms with Gasteiger partial charge in [0.15, 0.2) is 0 Å². The molecule has 1 aliphatic rings. The van der Waals surface area contributed by atoms with Gasteiger partial charge in [0.05, 0.1) is 29.1 Å². The van der Waals surface area contributed by atoms with Crippen molar-refractivity contribution >= 4 is 26.6 Å². The maximum absolute atomic E-state index is 12.2. The van der Waals surface area contributed by atoms with Crippen LogP contribution in [0.2, 0.25) is 0 Å². The topological polar surface area (TPSA) is 84.1 Å². The number of benzene rings is 2. The van der Waals surface area contributed by atoms with Gasteiger partial charge in [-0.1, -0.05) is 12.1 Å². The zero-order valence-electron chi connectivity index (χ0n) is 17.3. The van der Waals surface area contributed by atoms with E-state index < -0.39 is 15.3 Å². The Morgan fingerprint density at radius 1 is 1.17 bits per heavy atom. The van der Waals surface area contributed by atoms with Crippen molar-refractivity contribution in [1.82, 2.24) is 4.57 Å². The lowest BCUT2D eigenvalue weighted by atomic mass is 9.92. The van der Waals surface area contributed by atoms with Crippen LogP contribution in [0.25, 0.3) is 22.2 Å². The maximum Gasteiger partial charge on any atom is 0.235 e. The van der Waals surface area contributed by atoms with E-state index in [1.165, 1.54) is 6.42 Å². The molecule has 0 atom stereocenters. The monoisotopic (exact) mass is 423 g/mol. The van der Waals surface area contributed by atoms with Gasteiger partial charge in [-0.15, -0.1) is 0 Å². The number of sulfonamides is 1. The molecule has 1 N–H and O–H groups in total. The Hall–Kier alpha value is -2.98. The van der Waals surface area contributed by atoms with Gasteiger partial charge in [-0.05, 0) is 62.9 Å². The predicted molar refractivity (Wildman–Crippen MR) is 119 cm³/mol. The van der Waals surface area contributed by atoms with E-state index in [0.717, 1.165) is 40.8 Å². The lowest BCUT2D eigenvalue weighted by Crippen LogP contribution is -2.22. The van der Waals surface area contributed by atoms with E-state index >= 15 is 0 Å². The second-order valence-corrected chi connectivity index (χ2v) is 10.2. The van der Waals surface area contributed by atoms with Gasteiger partial charge in [0.25, 0.3) is 0 Å². The molecule has 3 aromatic rings. The highest BCUT2D eigenvalue weighted by Crippen LogP contribution is 2.43. The van der Waals surface area contributed by atoms with Crippen molar-refractivity contribution < 1.29 is 13.2 Å². The molecule has 156 valence electrons. The van der Waals surface area contributed by atoms with Crippen molar-refractivity contribution in [3.8, 4) is 23.1 Å². The molecule has 7 heteroatoms. The molecule has 1 fully saturated rings. The van der Waals surface area contributed by atoms with E-state index in [1.807, 2.05) is 30.3 Å². The number of ether oxygens (including phenoxy) is 1. The first-order valence-corrected chi connectivity index (χ1v) is 11.6. The fourth-order valence-corrected chi connectivity index (χ4v) is 4.52. The predicted octanol–water partition coefficient (Wildman–Crippen LogP) is 5.06. The highest BCUT2D eigenvalue weighted by atomic mass is 32.2. The molecule has 0 bridgehead atoms. The number of aromatic nitrogens is 1. The van der Waals surface area contributed by atoms with Gasteiger partial charge < -0.3 is 9.30 Å². The number of nitrogens with one attached hydrogen (secondary N) is 1. The van der Waals surface area contributed by atoms with Gasteiger partial charge in [-0.25, -0.2) is 8.42 Å². The SMILES string of the molecule is COc1ccc2c(C#N)c(-c3ccc(NS(=O)(=O)C(C)C)cc3)n(C3CCC3)c2c1. The molecule has 0 aliphatic heterocycles. The van der Waals surface area contributed by atoms with Gasteiger partial charge in [0, 0.05) is 23.2 Å². The van der Waals surface area contributed by atoms with Gasteiger partial charge in [0.1, 0.15) is 11.8 Å². The summed E-state index contributed by atoms with van der Waals surface area (Å²) in [5, 5.41) is 10.4. The molecule has 0 saturated heterocycles. The fourth-order valence-electron chi connectivity index (χ4n) is 3.82. The third kappa shape index (κ3) is 3.41. The first-order chi connectivity index (χ1) is 14.4. The van der Waals surface area contributed by atoms with Crippen LogP contribution in [0.15, 0.2) is 42.5 Å². The zero-order valence-corrected chi connectivity index (χ0v) is 18.2. The van der Waals surface area contributed by atoms with E-state index in [9.17, 15) is 13.7 Å². The largest absolute Gasteiger partial charge is 0.497 e. The molecule has 0 amide bonds. The summed E-state index contributed by atoms with van der Waals surface area (Å²) in [6.07, 6.45) is 3.32. The van der Waals surface area contributed by atoms with E-state index in [4.69, 9.17) is 4.74 Å². The molecule has 6 nitrogen and oxygen atoms in total. The number of hydrogen-bond donors (Lipinski definition) is 1. The van der Waals surface area contributed by atoms with Crippen LogP contribution >= 0.6 is 0 Å². The lowest BCUT2D eigenvalue weighted by Gasteiger charge is -2.30. The fraction of sp³-hybridized carbons (Fsp3) is 0.348. The van der Waals surface area contributed by atoms with Crippen LogP contribution in [0.5, 0.6) is 5.75 Å². The molecule has 1 aromatic heterocycles. The van der Waals surface area contributed by atoms with Crippen LogP contribution in [-0.4, -0.2) is 25.3 Å². The second-order valence-electron chi connectivity index (χ2n) is 7.95. The number of methoxy groups -OCH3 is 1. The number of nitrogens with zero attached hydrogens (tertiary/aromatic N) is 2. The highest BCUT2D eigenvalue weighted by molar-refractivity contribution is 7.93. The molecule has 0 spiro atoms. The van der Waals surface area contributed by atoms with Crippen molar-refractivity contribution in [1.29, 1.82) is 5.26 Å². The van der Waals surface area contributed by atoms with Crippen LogP contribution < -0.4 is 9.46 Å². The number of rotatable bonds is 6. The van der Waals surface area contributed by atoms with E-state index in [-0.39, 0.29) is 0 Å². The van der Waals surface area contributed by atoms with Crippen molar-refractivity contribution in [3.05, 3.63) is 48.0 Å². The normalized spacial score (nSPS) is 14.5. The molecule has 1 saturated carbocycles. The van der Waals surface area contributed by atoms with Gasteiger partial charge in [0.2, 0.25) is 10.0 Å². The Balaban J connectivity index is 1.85. The zero-order chi connectivity index (χ0) is 21.5. The molecule has 2 aromatic carbocycles. The van der Waals surface area contributed by atoms with Crippen LogP contribution in [0, 0.1) is 11.3 Å². The maximum atomic E-state index is 12.2. The summed E-state index contributed by atoms with van der Waals surface area (Å²) >= 11 is 0. The minimum atomic E-state index is -3.41. The van der Waals surface area contributed by atoms with Gasteiger partial charge >= 0.3 is 0 Å². The Morgan fingerprint density at radius 2 is 1.87 bits per heavy atom. The first kappa shape index (κ1) is 20.3. The van der Waals surface area contributed by atoms with E-state index in [0.29, 0.717) is 17.3 Å². The number of fused-ring (bicyclic) bond motifs is 1. The number of hydrogen-bond acceptors (Lipinski definition) is 4. The molecular formula is C23H25N3O3S. The molecule has 1 aliphatic carbocycles. The summed E-state index contributed by atoms with van der Waals surface area (Å²) in [7, 11) is -1.77. The van der Waals surface area contributed by atoms with Crippen LogP contribution in [-0.2, 0) is 10.0 Å². The van der Waals surface area contributed by atoms with Crippen molar-refractivity contribution in [2.75, 3.05) is 11.8 Å². The van der Waals surface area contributed by atoms with E-state index in [2.05, 4.69) is 15.4 Å². The smallest absolute Gasteiger partial charge is 0.235 e. The van der Waals surface area contributed by atoms with E-state index in [1.54, 1.807) is 33.1 Å². The minimum absolute atomic E-state index is 0.343. The summed E-state index contributed by atoms with van der Waals surface area (Å²) in [5.74, 6) is 0.759. The average Bonchev–Trinajstić information content (AvgIpc) is 3.00. The summed E-state index contributed by atoms with van der Waals surface area (Å²) < 4.78 is 34.6. The Kier molecular flexibility index (Phi) is 5.20. The number of anilines is 1. The number of nitriles is 1. The first-order valence-electron chi connectivity index (χ1n) is 10.1. The van der Waals surface area contributed by atoms with Gasteiger partial charge in [-0.2, -0.15) is 5.26 Å².